The predicted molar refractivity (Wildman–Crippen MR) is 86.3 cm³/mol. The maximum absolute atomic E-state index is 12.1. The number of amides is 1. The first-order chi connectivity index (χ1) is 11.2. The van der Waals surface area contributed by atoms with Crippen LogP contribution >= 0.6 is 0 Å². The van der Waals surface area contributed by atoms with Crippen LogP contribution in [0.15, 0.2) is 60.7 Å². The Hall–Kier alpha value is -2.82. The van der Waals surface area contributed by atoms with Gasteiger partial charge in [-0.3, -0.25) is 9.59 Å². The first-order valence-corrected chi connectivity index (χ1v) is 7.31. The molecule has 0 unspecified atom stereocenters. The van der Waals surface area contributed by atoms with Gasteiger partial charge in [0.2, 0.25) is 0 Å². The van der Waals surface area contributed by atoms with Crippen molar-refractivity contribution in [1.82, 2.24) is 4.90 Å². The van der Waals surface area contributed by atoms with Crippen LogP contribution in [0, 0.1) is 0 Å². The van der Waals surface area contributed by atoms with E-state index in [0.29, 0.717) is 5.56 Å². The predicted octanol–water partition coefficient (Wildman–Crippen LogP) is 2.38. The molecule has 120 valence electrons. The van der Waals surface area contributed by atoms with Crippen LogP contribution < -0.4 is 4.74 Å². The van der Waals surface area contributed by atoms with E-state index in [2.05, 4.69) is 0 Å². The van der Waals surface area contributed by atoms with Crippen molar-refractivity contribution < 1.29 is 19.1 Å². The molecule has 2 aromatic rings. The molecule has 0 saturated carbocycles. The molecule has 0 aliphatic heterocycles. The number of para-hydroxylation sites is 1. The van der Waals surface area contributed by atoms with E-state index in [9.17, 15) is 9.59 Å². The molecule has 0 radical (unpaired) electrons. The summed E-state index contributed by atoms with van der Waals surface area (Å²) < 4.78 is 10.5. The third-order valence-corrected chi connectivity index (χ3v) is 3.09. The van der Waals surface area contributed by atoms with E-state index in [1.165, 1.54) is 4.90 Å². The number of carbonyl (C=O) groups excluding carboxylic acids is 2. The number of carbonyl (C=O) groups is 2. The summed E-state index contributed by atoms with van der Waals surface area (Å²) in [4.78, 5) is 25.1. The van der Waals surface area contributed by atoms with Crippen molar-refractivity contribution in [2.45, 2.75) is 0 Å². The van der Waals surface area contributed by atoms with Crippen molar-refractivity contribution in [1.29, 1.82) is 0 Å². The number of esters is 1. The van der Waals surface area contributed by atoms with Gasteiger partial charge in [0, 0.05) is 12.6 Å². The van der Waals surface area contributed by atoms with Crippen LogP contribution in [0.4, 0.5) is 0 Å². The zero-order chi connectivity index (χ0) is 16.5. The highest BCUT2D eigenvalue weighted by atomic mass is 16.6. The molecule has 0 aromatic heterocycles. The summed E-state index contributed by atoms with van der Waals surface area (Å²) in [5.74, 6) is 0.0384. The SMILES string of the molecule is CN(CC(=O)OCCOc1ccccc1)C(=O)c1ccccc1. The molecule has 0 N–H and O–H groups in total. The van der Waals surface area contributed by atoms with Gasteiger partial charge >= 0.3 is 5.97 Å². The molecular formula is C18H19NO4. The second-order valence-electron chi connectivity index (χ2n) is 4.91. The first kappa shape index (κ1) is 16.5. The summed E-state index contributed by atoms with van der Waals surface area (Å²) in [6.07, 6.45) is 0. The number of ether oxygens (including phenoxy) is 2. The Morgan fingerprint density at radius 2 is 1.52 bits per heavy atom. The zero-order valence-electron chi connectivity index (χ0n) is 13.0. The third kappa shape index (κ3) is 5.47. The lowest BCUT2D eigenvalue weighted by Gasteiger charge is -2.16. The Bertz CT molecular complexity index is 628. The molecule has 0 spiro atoms. The van der Waals surface area contributed by atoms with Gasteiger partial charge in [0.25, 0.3) is 5.91 Å². The first-order valence-electron chi connectivity index (χ1n) is 7.31. The molecular weight excluding hydrogens is 294 g/mol. The average molecular weight is 313 g/mol. The van der Waals surface area contributed by atoms with Gasteiger partial charge in [-0.25, -0.2) is 0 Å². The van der Waals surface area contributed by atoms with Crippen molar-refractivity contribution in [3.63, 3.8) is 0 Å². The minimum Gasteiger partial charge on any atom is -0.490 e. The Balaban J connectivity index is 1.69. The van der Waals surface area contributed by atoms with Crippen molar-refractivity contribution >= 4 is 11.9 Å². The molecule has 1 amide bonds. The van der Waals surface area contributed by atoms with E-state index < -0.39 is 5.97 Å². The summed E-state index contributed by atoms with van der Waals surface area (Å²) in [5, 5.41) is 0. The van der Waals surface area contributed by atoms with Crippen LogP contribution in [-0.4, -0.2) is 43.6 Å². The molecule has 5 heteroatoms. The van der Waals surface area contributed by atoms with E-state index in [-0.39, 0.29) is 25.7 Å². The monoisotopic (exact) mass is 313 g/mol. The number of nitrogens with zero attached hydrogens (tertiary/aromatic N) is 1. The maximum Gasteiger partial charge on any atom is 0.325 e. The number of likely N-dealkylation sites (N-methyl/N-ethyl adjacent to an activating group) is 1. The van der Waals surface area contributed by atoms with Gasteiger partial charge < -0.3 is 14.4 Å². The maximum atomic E-state index is 12.1. The smallest absolute Gasteiger partial charge is 0.325 e. The molecule has 0 heterocycles. The Labute approximate surface area is 135 Å². The number of hydrogen-bond donors (Lipinski definition) is 0. The second-order valence-corrected chi connectivity index (χ2v) is 4.91. The molecule has 0 saturated heterocycles. The Morgan fingerprint density at radius 1 is 0.913 bits per heavy atom. The molecule has 0 aliphatic rings. The summed E-state index contributed by atoms with van der Waals surface area (Å²) in [6, 6.07) is 18.1. The van der Waals surface area contributed by atoms with Crippen LogP contribution in [0.1, 0.15) is 10.4 Å². The highest BCUT2D eigenvalue weighted by Crippen LogP contribution is 2.07. The van der Waals surface area contributed by atoms with Crippen LogP contribution in [0.25, 0.3) is 0 Å². The molecule has 2 rings (SSSR count). The summed E-state index contributed by atoms with van der Waals surface area (Å²) in [6.45, 7) is 0.312. The molecule has 0 bridgehead atoms. The fourth-order valence-electron chi connectivity index (χ4n) is 1.94. The van der Waals surface area contributed by atoms with E-state index in [4.69, 9.17) is 9.47 Å². The Morgan fingerprint density at radius 3 is 2.17 bits per heavy atom. The summed E-state index contributed by atoms with van der Waals surface area (Å²) in [7, 11) is 1.57. The van der Waals surface area contributed by atoms with Gasteiger partial charge in [-0.2, -0.15) is 0 Å². The van der Waals surface area contributed by atoms with Gasteiger partial charge in [-0.15, -0.1) is 0 Å². The van der Waals surface area contributed by atoms with Crippen molar-refractivity contribution in [2.24, 2.45) is 0 Å². The highest BCUT2D eigenvalue weighted by Gasteiger charge is 2.15. The fourth-order valence-corrected chi connectivity index (χ4v) is 1.94. The van der Waals surface area contributed by atoms with Crippen molar-refractivity contribution in [2.75, 3.05) is 26.8 Å². The van der Waals surface area contributed by atoms with Crippen LogP contribution in [-0.2, 0) is 9.53 Å². The fraction of sp³-hybridized carbons (Fsp3) is 0.222. The van der Waals surface area contributed by atoms with Gasteiger partial charge in [0.15, 0.2) is 0 Å². The summed E-state index contributed by atoms with van der Waals surface area (Å²) in [5.41, 5.74) is 0.537. The molecule has 5 nitrogen and oxygen atoms in total. The standard InChI is InChI=1S/C18H19NO4/c1-19(18(21)15-8-4-2-5-9-15)14-17(20)23-13-12-22-16-10-6-3-7-11-16/h2-11H,12-14H2,1H3. The van der Waals surface area contributed by atoms with E-state index in [1.807, 2.05) is 36.4 Å². The number of benzene rings is 2. The minimum atomic E-state index is -0.464. The van der Waals surface area contributed by atoms with E-state index in [0.717, 1.165) is 5.75 Å². The van der Waals surface area contributed by atoms with Crippen LogP contribution in [0.2, 0.25) is 0 Å². The number of hydrogen-bond acceptors (Lipinski definition) is 4. The zero-order valence-corrected chi connectivity index (χ0v) is 13.0. The van der Waals surface area contributed by atoms with Crippen LogP contribution in [0.5, 0.6) is 5.75 Å². The Kier molecular flexibility index (Phi) is 6.17. The quantitative estimate of drug-likeness (QED) is 0.582. The van der Waals surface area contributed by atoms with Gasteiger partial charge in [0.1, 0.15) is 25.5 Å². The lowest BCUT2D eigenvalue weighted by Crippen LogP contribution is -2.33. The third-order valence-electron chi connectivity index (χ3n) is 3.09. The minimum absolute atomic E-state index is 0.0982. The van der Waals surface area contributed by atoms with Gasteiger partial charge in [-0.1, -0.05) is 36.4 Å². The van der Waals surface area contributed by atoms with E-state index >= 15 is 0 Å². The van der Waals surface area contributed by atoms with Crippen LogP contribution in [0.3, 0.4) is 0 Å². The molecule has 2 aromatic carbocycles. The van der Waals surface area contributed by atoms with Crippen molar-refractivity contribution in [3.8, 4) is 5.75 Å². The van der Waals surface area contributed by atoms with Gasteiger partial charge in [-0.05, 0) is 24.3 Å². The second kappa shape index (κ2) is 8.58. The van der Waals surface area contributed by atoms with E-state index in [1.54, 1.807) is 31.3 Å². The van der Waals surface area contributed by atoms with Crippen molar-refractivity contribution in [3.05, 3.63) is 66.2 Å². The summed E-state index contributed by atoms with van der Waals surface area (Å²) >= 11 is 0. The lowest BCUT2D eigenvalue weighted by molar-refractivity contribution is -0.144. The molecule has 0 aliphatic carbocycles. The normalized spacial score (nSPS) is 9.96. The topological polar surface area (TPSA) is 55.8 Å². The van der Waals surface area contributed by atoms with Gasteiger partial charge in [0.05, 0.1) is 0 Å². The molecule has 0 fully saturated rings. The molecule has 23 heavy (non-hydrogen) atoms. The molecule has 0 atom stereocenters. The number of rotatable bonds is 7. The largest absolute Gasteiger partial charge is 0.490 e. The highest BCUT2D eigenvalue weighted by molar-refractivity contribution is 5.95. The lowest BCUT2D eigenvalue weighted by atomic mass is 10.2. The average Bonchev–Trinajstić information content (AvgIpc) is 2.59.